The van der Waals surface area contributed by atoms with E-state index in [9.17, 15) is 23.2 Å². The summed E-state index contributed by atoms with van der Waals surface area (Å²) in [6, 6.07) is 0. The van der Waals surface area contributed by atoms with Crippen molar-refractivity contribution in [3.8, 4) is 0 Å². The van der Waals surface area contributed by atoms with Crippen molar-refractivity contribution in [2.45, 2.75) is 44.5 Å². The van der Waals surface area contributed by atoms with Gasteiger partial charge in [-0.3, -0.25) is 14.4 Å². The molecule has 1 aliphatic heterocycles. The van der Waals surface area contributed by atoms with Crippen LogP contribution in [0.2, 0.25) is 0 Å². The van der Waals surface area contributed by atoms with Crippen molar-refractivity contribution in [2.24, 2.45) is 11.8 Å². The Hall–Kier alpha value is -1.21. The zero-order valence-electron chi connectivity index (χ0n) is 11.2. The lowest BCUT2D eigenvalue weighted by molar-refractivity contribution is -0.282. The number of ketones is 2. The number of carbonyl (C=O) groups is 3. The minimum absolute atomic E-state index is 0.0850. The highest BCUT2D eigenvalue weighted by atomic mass is 19.3. The van der Waals surface area contributed by atoms with Gasteiger partial charge in [0.1, 0.15) is 11.9 Å². The zero-order chi connectivity index (χ0) is 15.1. The standard InChI is InChI=1S/C13H16F2O5/c1-12(2)19-6-8(11(20-12)9(17)5-16)10(18)7-3-13(14,15)4-7/h5,7-8,11H,3-4,6H2,1-2H3. The lowest BCUT2D eigenvalue weighted by Crippen LogP contribution is -2.55. The van der Waals surface area contributed by atoms with Crippen molar-refractivity contribution in [3.05, 3.63) is 0 Å². The molecule has 112 valence electrons. The number of carbonyl (C=O) groups excluding carboxylic acids is 3. The van der Waals surface area contributed by atoms with Crippen LogP contribution in [-0.2, 0) is 23.9 Å². The Morgan fingerprint density at radius 2 is 1.85 bits per heavy atom. The van der Waals surface area contributed by atoms with Crippen LogP contribution >= 0.6 is 0 Å². The van der Waals surface area contributed by atoms with Crippen LogP contribution < -0.4 is 0 Å². The monoisotopic (exact) mass is 290 g/mol. The van der Waals surface area contributed by atoms with Gasteiger partial charge in [0.15, 0.2) is 12.1 Å². The van der Waals surface area contributed by atoms with Crippen molar-refractivity contribution in [1.29, 1.82) is 0 Å². The molecule has 0 bridgehead atoms. The summed E-state index contributed by atoms with van der Waals surface area (Å²) in [7, 11) is 0. The SMILES string of the molecule is CC1(C)OCC(C(=O)C2CC(F)(F)C2)C(C(=O)C=O)O1. The van der Waals surface area contributed by atoms with Crippen molar-refractivity contribution >= 4 is 17.9 Å². The molecule has 2 aliphatic rings. The number of Topliss-reactive ketones (excluding diaryl/α,β-unsaturated/α-hetero) is 2. The fourth-order valence-electron chi connectivity index (χ4n) is 2.52. The highest BCUT2D eigenvalue weighted by Crippen LogP contribution is 2.45. The van der Waals surface area contributed by atoms with Gasteiger partial charge >= 0.3 is 0 Å². The molecule has 20 heavy (non-hydrogen) atoms. The molecule has 1 saturated heterocycles. The van der Waals surface area contributed by atoms with Crippen LogP contribution in [0, 0.1) is 11.8 Å². The third-order valence-electron chi connectivity index (χ3n) is 3.64. The van der Waals surface area contributed by atoms with Crippen LogP contribution in [0.5, 0.6) is 0 Å². The van der Waals surface area contributed by atoms with Gasteiger partial charge in [-0.2, -0.15) is 0 Å². The summed E-state index contributed by atoms with van der Waals surface area (Å²) >= 11 is 0. The quantitative estimate of drug-likeness (QED) is 0.573. The van der Waals surface area contributed by atoms with E-state index in [1.165, 1.54) is 0 Å². The molecule has 1 heterocycles. The maximum absolute atomic E-state index is 12.8. The number of ether oxygens (including phenoxy) is 2. The highest BCUT2D eigenvalue weighted by molar-refractivity contribution is 6.28. The van der Waals surface area contributed by atoms with E-state index in [-0.39, 0.29) is 12.9 Å². The fraction of sp³-hybridized carbons (Fsp3) is 0.769. The minimum Gasteiger partial charge on any atom is -0.350 e. The topological polar surface area (TPSA) is 69.7 Å². The Morgan fingerprint density at radius 1 is 1.25 bits per heavy atom. The Balaban J connectivity index is 2.10. The molecule has 1 aliphatic carbocycles. The molecule has 2 fully saturated rings. The van der Waals surface area contributed by atoms with Crippen molar-refractivity contribution in [3.63, 3.8) is 0 Å². The molecule has 2 rings (SSSR count). The van der Waals surface area contributed by atoms with Crippen LogP contribution in [0.4, 0.5) is 8.78 Å². The van der Waals surface area contributed by atoms with Gasteiger partial charge < -0.3 is 9.47 Å². The third-order valence-corrected chi connectivity index (χ3v) is 3.64. The number of alkyl halides is 2. The molecule has 7 heteroatoms. The van der Waals surface area contributed by atoms with E-state index in [1.807, 2.05) is 0 Å². The molecular formula is C13H16F2O5. The summed E-state index contributed by atoms with van der Waals surface area (Å²) in [5.74, 6) is -7.08. The largest absolute Gasteiger partial charge is 0.350 e. The van der Waals surface area contributed by atoms with Crippen molar-refractivity contribution in [1.82, 2.24) is 0 Å². The Labute approximate surface area is 114 Å². The maximum Gasteiger partial charge on any atom is 0.249 e. The van der Waals surface area contributed by atoms with Crippen LogP contribution in [0.1, 0.15) is 26.7 Å². The second-order valence-corrected chi connectivity index (χ2v) is 5.74. The zero-order valence-corrected chi connectivity index (χ0v) is 11.2. The molecule has 5 nitrogen and oxygen atoms in total. The van der Waals surface area contributed by atoms with Gasteiger partial charge in [-0.15, -0.1) is 0 Å². The summed E-state index contributed by atoms with van der Waals surface area (Å²) in [4.78, 5) is 34.4. The molecule has 0 radical (unpaired) electrons. The number of halogens is 2. The van der Waals surface area contributed by atoms with Crippen LogP contribution in [0.3, 0.4) is 0 Å². The first-order valence-corrected chi connectivity index (χ1v) is 6.37. The molecule has 0 aromatic heterocycles. The summed E-state index contributed by atoms with van der Waals surface area (Å²) in [5, 5.41) is 0. The van der Waals surface area contributed by atoms with Gasteiger partial charge in [0, 0.05) is 18.8 Å². The summed E-state index contributed by atoms with van der Waals surface area (Å²) in [5.41, 5.74) is 0. The van der Waals surface area contributed by atoms with Gasteiger partial charge in [-0.25, -0.2) is 8.78 Å². The molecule has 0 spiro atoms. The number of hydrogen-bond donors (Lipinski definition) is 0. The van der Waals surface area contributed by atoms with E-state index in [1.54, 1.807) is 13.8 Å². The minimum atomic E-state index is -2.82. The molecule has 0 aromatic carbocycles. The van der Waals surface area contributed by atoms with Crippen LogP contribution in [0.25, 0.3) is 0 Å². The summed E-state index contributed by atoms with van der Waals surface area (Å²) in [6.07, 6.45) is -2.21. The van der Waals surface area contributed by atoms with Gasteiger partial charge in [0.25, 0.3) is 0 Å². The Kier molecular flexibility index (Phi) is 3.77. The average molecular weight is 290 g/mol. The molecule has 2 unspecified atom stereocenters. The molecule has 0 amide bonds. The Bertz CT molecular complexity index is 438. The van der Waals surface area contributed by atoms with Gasteiger partial charge in [0.05, 0.1) is 12.5 Å². The van der Waals surface area contributed by atoms with Crippen molar-refractivity contribution in [2.75, 3.05) is 6.61 Å². The first-order chi connectivity index (χ1) is 9.15. The van der Waals surface area contributed by atoms with Crippen LogP contribution in [0.15, 0.2) is 0 Å². The third kappa shape index (κ3) is 2.93. The van der Waals surface area contributed by atoms with E-state index >= 15 is 0 Å². The molecule has 1 saturated carbocycles. The first kappa shape index (κ1) is 15.2. The van der Waals surface area contributed by atoms with Gasteiger partial charge in [0.2, 0.25) is 11.7 Å². The van der Waals surface area contributed by atoms with Gasteiger partial charge in [-0.05, 0) is 13.8 Å². The number of rotatable bonds is 4. The smallest absolute Gasteiger partial charge is 0.249 e. The number of hydrogen-bond acceptors (Lipinski definition) is 5. The molecule has 0 N–H and O–H groups in total. The second-order valence-electron chi connectivity index (χ2n) is 5.74. The van der Waals surface area contributed by atoms with Crippen molar-refractivity contribution < 1.29 is 32.6 Å². The maximum atomic E-state index is 12.8. The summed E-state index contributed by atoms with van der Waals surface area (Å²) < 4.78 is 36.3. The van der Waals surface area contributed by atoms with E-state index in [2.05, 4.69) is 0 Å². The second kappa shape index (κ2) is 4.96. The van der Waals surface area contributed by atoms with E-state index in [0.29, 0.717) is 0 Å². The van der Waals surface area contributed by atoms with E-state index in [0.717, 1.165) is 0 Å². The van der Waals surface area contributed by atoms with E-state index in [4.69, 9.17) is 9.47 Å². The van der Waals surface area contributed by atoms with Gasteiger partial charge in [-0.1, -0.05) is 0 Å². The highest BCUT2D eigenvalue weighted by Gasteiger charge is 2.53. The Morgan fingerprint density at radius 3 is 2.35 bits per heavy atom. The fourth-order valence-corrected chi connectivity index (χ4v) is 2.52. The first-order valence-electron chi connectivity index (χ1n) is 6.37. The van der Waals surface area contributed by atoms with Crippen LogP contribution in [-0.4, -0.2) is 42.3 Å². The molecule has 0 aromatic rings. The van der Waals surface area contributed by atoms with E-state index < -0.39 is 54.1 Å². The predicted molar refractivity (Wildman–Crippen MR) is 62.1 cm³/mol. The average Bonchev–Trinajstić information content (AvgIpc) is 2.33. The lowest BCUT2D eigenvalue weighted by atomic mass is 9.73. The lowest BCUT2D eigenvalue weighted by Gasteiger charge is -2.42. The number of aldehydes is 1. The predicted octanol–water partition coefficient (Wildman–Crippen LogP) is 1.14. The normalized spacial score (nSPS) is 32.2. The summed E-state index contributed by atoms with van der Waals surface area (Å²) in [6.45, 7) is 2.99. The molecular weight excluding hydrogens is 274 g/mol. The molecule has 2 atom stereocenters.